The van der Waals surface area contributed by atoms with Gasteiger partial charge in [0.15, 0.2) is 0 Å². The first-order chi connectivity index (χ1) is 4.35. The Morgan fingerprint density at radius 1 is 1.44 bits per heavy atom. The topological polar surface area (TPSA) is 38.0 Å². The molecule has 1 spiro atoms. The van der Waals surface area contributed by atoms with Gasteiger partial charge in [0.1, 0.15) is 0 Å². The van der Waals surface area contributed by atoms with E-state index in [-0.39, 0.29) is 0 Å². The summed E-state index contributed by atoms with van der Waals surface area (Å²) in [6.45, 7) is 2.48. The van der Waals surface area contributed by atoms with E-state index in [4.69, 9.17) is 5.14 Å². The Bertz CT molecular complexity index is 114. The largest absolute Gasteiger partial charge is 0.316 e. The zero-order valence-electron chi connectivity index (χ0n) is 5.39. The van der Waals surface area contributed by atoms with Crippen molar-refractivity contribution < 1.29 is 0 Å². The van der Waals surface area contributed by atoms with Crippen LogP contribution in [0.25, 0.3) is 0 Å². The monoisotopic (exact) mass is 144 g/mol. The molecule has 2 aliphatic rings. The maximum atomic E-state index is 5.43. The molecule has 0 amide bonds. The van der Waals surface area contributed by atoms with Crippen molar-refractivity contribution in [2.24, 2.45) is 10.6 Å². The molecule has 1 saturated heterocycles. The molecule has 0 radical (unpaired) electrons. The molecule has 2 fully saturated rings. The summed E-state index contributed by atoms with van der Waals surface area (Å²) in [5.74, 6) is 0. The summed E-state index contributed by atoms with van der Waals surface area (Å²) >= 11 is 1.54. The molecule has 52 valence electrons. The Morgan fingerprint density at radius 2 is 2.11 bits per heavy atom. The second-order valence-electron chi connectivity index (χ2n) is 3.27. The molecular weight excluding hydrogens is 132 g/mol. The highest BCUT2D eigenvalue weighted by Gasteiger charge is 2.48. The first kappa shape index (κ1) is 6.01. The van der Waals surface area contributed by atoms with Crippen LogP contribution in [0.1, 0.15) is 12.8 Å². The van der Waals surface area contributed by atoms with Crippen molar-refractivity contribution in [3.8, 4) is 0 Å². The average Bonchev–Trinajstić information content (AvgIpc) is 1.59. The van der Waals surface area contributed by atoms with Gasteiger partial charge < -0.3 is 5.32 Å². The first-order valence-corrected chi connectivity index (χ1v) is 4.35. The maximum Gasteiger partial charge on any atom is 0.0203 e. The molecule has 0 aromatic heterocycles. The van der Waals surface area contributed by atoms with Gasteiger partial charge in [0, 0.05) is 18.3 Å². The zero-order chi connectivity index (χ0) is 6.32. The van der Waals surface area contributed by atoms with Gasteiger partial charge in [0.05, 0.1) is 0 Å². The van der Waals surface area contributed by atoms with E-state index in [1.807, 2.05) is 0 Å². The third kappa shape index (κ3) is 0.791. The highest BCUT2D eigenvalue weighted by molar-refractivity contribution is 7.97. The summed E-state index contributed by atoms with van der Waals surface area (Å²) in [6, 6.07) is 0. The summed E-state index contributed by atoms with van der Waals surface area (Å²) in [4.78, 5) is 0. The van der Waals surface area contributed by atoms with E-state index in [0.717, 1.165) is 5.25 Å². The fraction of sp³-hybridized carbons (Fsp3) is 1.00. The van der Waals surface area contributed by atoms with Crippen molar-refractivity contribution in [1.29, 1.82) is 0 Å². The van der Waals surface area contributed by atoms with E-state index in [9.17, 15) is 0 Å². The van der Waals surface area contributed by atoms with Crippen molar-refractivity contribution in [1.82, 2.24) is 5.32 Å². The molecule has 0 bridgehead atoms. The standard InChI is InChI=1S/C6H12N2S/c7-9-5-1-6(2-5)3-8-4-6/h5,8H,1-4,7H2. The summed E-state index contributed by atoms with van der Waals surface area (Å²) in [5, 5.41) is 9.50. The molecule has 0 aromatic rings. The number of nitrogens with one attached hydrogen (secondary N) is 1. The van der Waals surface area contributed by atoms with Gasteiger partial charge in [-0.15, -0.1) is 0 Å². The van der Waals surface area contributed by atoms with Gasteiger partial charge in [-0.2, -0.15) is 0 Å². The van der Waals surface area contributed by atoms with Gasteiger partial charge >= 0.3 is 0 Å². The van der Waals surface area contributed by atoms with Crippen LogP contribution in [-0.4, -0.2) is 18.3 Å². The zero-order valence-corrected chi connectivity index (χ0v) is 6.21. The van der Waals surface area contributed by atoms with Crippen molar-refractivity contribution in [3.05, 3.63) is 0 Å². The minimum absolute atomic E-state index is 0.705. The van der Waals surface area contributed by atoms with Crippen LogP contribution in [0.3, 0.4) is 0 Å². The average molecular weight is 144 g/mol. The summed E-state index contributed by atoms with van der Waals surface area (Å²) < 4.78 is 0. The van der Waals surface area contributed by atoms with Crippen LogP contribution < -0.4 is 10.5 Å². The van der Waals surface area contributed by atoms with E-state index >= 15 is 0 Å². The molecule has 0 atom stereocenters. The lowest BCUT2D eigenvalue weighted by Gasteiger charge is -2.53. The maximum absolute atomic E-state index is 5.43. The predicted octanol–water partition coefficient (Wildman–Crippen LogP) is 0.345. The van der Waals surface area contributed by atoms with Crippen LogP contribution >= 0.6 is 11.9 Å². The van der Waals surface area contributed by atoms with Crippen LogP contribution in [0.15, 0.2) is 0 Å². The fourth-order valence-electron chi connectivity index (χ4n) is 1.77. The molecule has 0 unspecified atom stereocenters. The third-order valence-corrected chi connectivity index (χ3v) is 3.23. The van der Waals surface area contributed by atoms with Crippen LogP contribution in [0.5, 0.6) is 0 Å². The highest BCUT2D eigenvalue weighted by atomic mass is 32.2. The van der Waals surface area contributed by atoms with E-state index in [0.29, 0.717) is 5.41 Å². The quantitative estimate of drug-likeness (QED) is 0.521. The molecule has 9 heavy (non-hydrogen) atoms. The number of hydrogen-bond acceptors (Lipinski definition) is 3. The Hall–Kier alpha value is 0.270. The van der Waals surface area contributed by atoms with Crippen molar-refractivity contribution in [3.63, 3.8) is 0 Å². The van der Waals surface area contributed by atoms with E-state index in [1.165, 1.54) is 37.9 Å². The molecule has 3 N–H and O–H groups in total. The summed E-state index contributed by atoms with van der Waals surface area (Å²) in [5.41, 5.74) is 0.705. The smallest absolute Gasteiger partial charge is 0.0203 e. The second kappa shape index (κ2) is 1.87. The molecule has 1 aliphatic carbocycles. The number of rotatable bonds is 1. The van der Waals surface area contributed by atoms with Crippen LogP contribution in [0.4, 0.5) is 0 Å². The molecular formula is C6H12N2S. The van der Waals surface area contributed by atoms with Crippen molar-refractivity contribution in [2.75, 3.05) is 13.1 Å². The van der Waals surface area contributed by atoms with Gasteiger partial charge in [0.25, 0.3) is 0 Å². The molecule has 0 aromatic carbocycles. The van der Waals surface area contributed by atoms with Gasteiger partial charge in [0.2, 0.25) is 0 Å². The van der Waals surface area contributed by atoms with Crippen molar-refractivity contribution in [2.45, 2.75) is 18.1 Å². The lowest BCUT2D eigenvalue weighted by Crippen LogP contribution is -2.61. The number of nitrogens with two attached hydrogens (primary N) is 1. The van der Waals surface area contributed by atoms with Gasteiger partial charge in [-0.3, -0.25) is 5.14 Å². The lowest BCUT2D eigenvalue weighted by atomic mass is 9.64. The van der Waals surface area contributed by atoms with Gasteiger partial charge in [-0.25, -0.2) is 0 Å². The van der Waals surface area contributed by atoms with Crippen LogP contribution in [0, 0.1) is 5.41 Å². The number of hydrogen-bond donors (Lipinski definition) is 2. The highest BCUT2D eigenvalue weighted by Crippen LogP contribution is 2.48. The first-order valence-electron chi connectivity index (χ1n) is 3.41. The fourth-order valence-corrected chi connectivity index (χ4v) is 2.67. The van der Waals surface area contributed by atoms with E-state index in [2.05, 4.69) is 5.32 Å². The third-order valence-electron chi connectivity index (χ3n) is 2.51. The molecule has 2 nitrogen and oxygen atoms in total. The minimum Gasteiger partial charge on any atom is -0.316 e. The van der Waals surface area contributed by atoms with E-state index in [1.54, 1.807) is 0 Å². The summed E-state index contributed by atoms with van der Waals surface area (Å²) in [6.07, 6.45) is 2.70. The van der Waals surface area contributed by atoms with Gasteiger partial charge in [-0.1, -0.05) is 11.9 Å². The predicted molar refractivity (Wildman–Crippen MR) is 40.1 cm³/mol. The van der Waals surface area contributed by atoms with E-state index < -0.39 is 0 Å². The molecule has 1 heterocycles. The Balaban J connectivity index is 1.82. The Kier molecular flexibility index (Phi) is 1.25. The molecule has 1 aliphatic heterocycles. The van der Waals surface area contributed by atoms with Crippen LogP contribution in [-0.2, 0) is 0 Å². The SMILES string of the molecule is NSC1CC2(CNC2)C1. The van der Waals surface area contributed by atoms with Crippen molar-refractivity contribution >= 4 is 11.9 Å². The molecule has 2 rings (SSSR count). The van der Waals surface area contributed by atoms with Crippen LogP contribution in [0.2, 0.25) is 0 Å². The second-order valence-corrected chi connectivity index (χ2v) is 4.21. The minimum atomic E-state index is 0.705. The lowest BCUT2D eigenvalue weighted by molar-refractivity contribution is 0.0675. The Morgan fingerprint density at radius 3 is 2.44 bits per heavy atom. The normalized spacial score (nSPS) is 31.7. The van der Waals surface area contributed by atoms with Gasteiger partial charge in [-0.05, 0) is 18.3 Å². The Labute approximate surface area is 59.7 Å². The molecule has 3 heteroatoms. The summed E-state index contributed by atoms with van der Waals surface area (Å²) in [7, 11) is 0. The molecule has 1 saturated carbocycles.